The molecule has 1 aromatic carbocycles. The van der Waals surface area contributed by atoms with Gasteiger partial charge >= 0.3 is 0 Å². The fraction of sp³-hybridized carbons (Fsp3) is 0.280. The van der Waals surface area contributed by atoms with Gasteiger partial charge in [0.25, 0.3) is 5.91 Å². The van der Waals surface area contributed by atoms with Crippen LogP contribution in [0.2, 0.25) is 0 Å². The molecule has 0 unspecified atom stereocenters. The van der Waals surface area contributed by atoms with Crippen molar-refractivity contribution >= 4 is 38.1 Å². The maximum Gasteiger partial charge on any atom is 0.270 e. The molecule has 186 valence electrons. The standard InChI is InChI=1S/C25H26N6O3S2/c32-25(22-7-3-4-13-26-22)27-18-20-9-10-24(35-20)36(33,34)17-5-14-30-15-11-19(12-16-30)31-23-8-2-1-6-21(23)28-29-31/h1-10,13-14,19H,11-12,15-18H2,(H,27,32). The summed E-state index contributed by atoms with van der Waals surface area (Å²) in [7, 11) is -3.44. The first kappa shape index (κ1) is 24.1. The van der Waals surface area contributed by atoms with Crippen molar-refractivity contribution in [3.63, 3.8) is 0 Å². The number of rotatable bonds is 8. The number of likely N-dealkylation sites (tertiary alicyclic amines) is 1. The van der Waals surface area contributed by atoms with E-state index >= 15 is 0 Å². The molecule has 0 aliphatic carbocycles. The molecule has 3 aromatic heterocycles. The van der Waals surface area contributed by atoms with Crippen molar-refractivity contribution in [3.05, 3.63) is 83.6 Å². The van der Waals surface area contributed by atoms with Gasteiger partial charge in [0.1, 0.15) is 15.4 Å². The van der Waals surface area contributed by atoms with Crippen LogP contribution in [0.15, 0.2) is 77.3 Å². The predicted molar refractivity (Wildman–Crippen MR) is 138 cm³/mol. The van der Waals surface area contributed by atoms with Crippen molar-refractivity contribution in [1.29, 1.82) is 0 Å². The molecule has 0 bridgehead atoms. The lowest BCUT2D eigenvalue weighted by Gasteiger charge is -2.31. The minimum Gasteiger partial charge on any atom is -0.377 e. The summed E-state index contributed by atoms with van der Waals surface area (Å²) < 4.78 is 27.9. The van der Waals surface area contributed by atoms with Crippen molar-refractivity contribution in [3.8, 4) is 0 Å². The molecular formula is C25H26N6O3S2. The number of carbonyl (C=O) groups is 1. The van der Waals surface area contributed by atoms with E-state index < -0.39 is 9.84 Å². The van der Waals surface area contributed by atoms with Crippen LogP contribution in [0.4, 0.5) is 0 Å². The molecule has 1 N–H and O–H groups in total. The number of pyridine rings is 1. The maximum atomic E-state index is 12.8. The Bertz CT molecular complexity index is 1470. The Labute approximate surface area is 213 Å². The Morgan fingerprint density at radius 2 is 1.89 bits per heavy atom. The monoisotopic (exact) mass is 522 g/mol. The van der Waals surface area contributed by atoms with Gasteiger partial charge in [-0.15, -0.1) is 16.4 Å². The van der Waals surface area contributed by atoms with Crippen LogP contribution < -0.4 is 5.32 Å². The van der Waals surface area contributed by atoms with Gasteiger partial charge in [0.05, 0.1) is 23.9 Å². The molecule has 1 aliphatic rings. The number of thiophene rings is 1. The highest BCUT2D eigenvalue weighted by Gasteiger charge is 2.22. The van der Waals surface area contributed by atoms with Gasteiger partial charge in [-0.2, -0.15) is 0 Å². The molecule has 0 atom stereocenters. The highest BCUT2D eigenvalue weighted by Crippen LogP contribution is 2.26. The zero-order valence-corrected chi connectivity index (χ0v) is 21.2. The molecule has 0 radical (unpaired) electrons. The van der Waals surface area contributed by atoms with Gasteiger partial charge in [-0.25, -0.2) is 13.1 Å². The van der Waals surface area contributed by atoms with Gasteiger partial charge in [0, 0.05) is 24.2 Å². The van der Waals surface area contributed by atoms with Crippen LogP contribution in [0.3, 0.4) is 0 Å². The van der Waals surface area contributed by atoms with Crippen LogP contribution in [-0.4, -0.2) is 58.0 Å². The van der Waals surface area contributed by atoms with Crippen molar-refractivity contribution in [1.82, 2.24) is 30.2 Å². The number of fused-ring (bicyclic) bond motifs is 1. The Morgan fingerprint density at radius 3 is 2.69 bits per heavy atom. The summed E-state index contributed by atoms with van der Waals surface area (Å²) >= 11 is 1.18. The highest BCUT2D eigenvalue weighted by atomic mass is 32.2. The number of benzene rings is 1. The molecule has 4 heterocycles. The highest BCUT2D eigenvalue weighted by molar-refractivity contribution is 7.93. The van der Waals surface area contributed by atoms with E-state index in [1.165, 1.54) is 11.3 Å². The van der Waals surface area contributed by atoms with E-state index in [2.05, 4.69) is 25.5 Å². The molecule has 0 saturated carbocycles. The van der Waals surface area contributed by atoms with Gasteiger partial charge in [0.15, 0.2) is 9.84 Å². The summed E-state index contributed by atoms with van der Waals surface area (Å²) in [6.07, 6.45) is 6.99. The number of nitrogens with one attached hydrogen (secondary N) is 1. The fourth-order valence-corrected chi connectivity index (χ4v) is 6.70. The van der Waals surface area contributed by atoms with Crippen LogP contribution in [0, 0.1) is 0 Å². The second-order valence-electron chi connectivity index (χ2n) is 8.57. The first-order valence-electron chi connectivity index (χ1n) is 11.7. The van der Waals surface area contributed by atoms with E-state index in [4.69, 9.17) is 0 Å². The molecule has 1 amide bonds. The smallest absolute Gasteiger partial charge is 0.270 e. The van der Waals surface area contributed by atoms with Crippen LogP contribution in [-0.2, 0) is 16.4 Å². The van der Waals surface area contributed by atoms with Crippen LogP contribution in [0.25, 0.3) is 11.0 Å². The Balaban J connectivity index is 1.11. The van der Waals surface area contributed by atoms with Crippen molar-refractivity contribution in [2.75, 3.05) is 18.8 Å². The average molecular weight is 523 g/mol. The lowest BCUT2D eigenvalue weighted by Crippen LogP contribution is -2.31. The van der Waals surface area contributed by atoms with E-state index in [9.17, 15) is 13.2 Å². The molecule has 4 aromatic rings. The van der Waals surface area contributed by atoms with Crippen LogP contribution in [0.5, 0.6) is 0 Å². The third kappa shape index (κ3) is 5.47. The first-order valence-corrected chi connectivity index (χ1v) is 14.2. The quantitative estimate of drug-likeness (QED) is 0.377. The average Bonchev–Trinajstić information content (AvgIpc) is 3.56. The molecular weight excluding hydrogens is 496 g/mol. The molecule has 1 fully saturated rings. The van der Waals surface area contributed by atoms with Crippen molar-refractivity contribution < 1.29 is 13.2 Å². The van der Waals surface area contributed by atoms with E-state index in [1.807, 2.05) is 35.1 Å². The van der Waals surface area contributed by atoms with Gasteiger partial charge in [0.2, 0.25) is 0 Å². The molecule has 11 heteroatoms. The van der Waals surface area contributed by atoms with E-state index in [0.717, 1.165) is 41.8 Å². The predicted octanol–water partition coefficient (Wildman–Crippen LogP) is 3.44. The summed E-state index contributed by atoms with van der Waals surface area (Å²) in [5.74, 6) is -0.363. The number of sulfone groups is 1. The second-order valence-corrected chi connectivity index (χ2v) is 12.0. The largest absolute Gasteiger partial charge is 0.377 e. The SMILES string of the molecule is O=C(NCc1ccc(S(=O)(=O)CC=CN2CCC(n3nnc4ccccc43)CC2)s1)c1ccccn1. The topological polar surface area (TPSA) is 110 Å². The second kappa shape index (κ2) is 10.6. The zero-order chi connectivity index (χ0) is 25.0. The minimum absolute atomic E-state index is 0.0686. The summed E-state index contributed by atoms with van der Waals surface area (Å²) in [6.45, 7) is 1.91. The number of para-hydroxylation sites is 1. The molecule has 1 saturated heterocycles. The lowest BCUT2D eigenvalue weighted by atomic mass is 10.1. The minimum atomic E-state index is -3.44. The zero-order valence-electron chi connectivity index (χ0n) is 19.5. The number of aromatic nitrogens is 4. The van der Waals surface area contributed by atoms with Gasteiger partial charge < -0.3 is 10.2 Å². The molecule has 9 nitrogen and oxygen atoms in total. The summed E-state index contributed by atoms with van der Waals surface area (Å²) in [4.78, 5) is 19.1. The van der Waals surface area contributed by atoms with E-state index in [-0.39, 0.29) is 24.2 Å². The Morgan fingerprint density at radius 1 is 1.08 bits per heavy atom. The summed E-state index contributed by atoms with van der Waals surface area (Å²) in [6, 6.07) is 16.7. The maximum absolute atomic E-state index is 12.8. The number of nitrogens with zero attached hydrogens (tertiary/aromatic N) is 5. The number of carbonyl (C=O) groups excluding carboxylic acids is 1. The molecule has 36 heavy (non-hydrogen) atoms. The number of hydrogen-bond acceptors (Lipinski definition) is 8. The Hall–Kier alpha value is -3.57. The Kier molecular flexibility index (Phi) is 7.10. The van der Waals surface area contributed by atoms with Crippen LogP contribution >= 0.6 is 11.3 Å². The number of hydrogen-bond donors (Lipinski definition) is 1. The molecule has 5 rings (SSSR count). The van der Waals surface area contributed by atoms with Crippen molar-refractivity contribution in [2.24, 2.45) is 0 Å². The number of amides is 1. The van der Waals surface area contributed by atoms with Crippen LogP contribution in [0.1, 0.15) is 34.2 Å². The molecule has 1 aliphatic heterocycles. The lowest BCUT2D eigenvalue weighted by molar-refractivity contribution is 0.0946. The van der Waals surface area contributed by atoms with E-state index in [1.54, 1.807) is 42.6 Å². The third-order valence-corrected chi connectivity index (χ3v) is 9.39. The first-order chi connectivity index (χ1) is 17.5. The summed E-state index contributed by atoms with van der Waals surface area (Å²) in [5.41, 5.74) is 2.27. The molecule has 0 spiro atoms. The number of piperidine rings is 1. The summed E-state index contributed by atoms with van der Waals surface area (Å²) in [5, 5.41) is 11.4. The third-order valence-electron chi connectivity index (χ3n) is 6.12. The van der Waals surface area contributed by atoms with E-state index in [0.29, 0.717) is 9.90 Å². The van der Waals surface area contributed by atoms with Gasteiger partial charge in [-0.05, 0) is 55.4 Å². The van der Waals surface area contributed by atoms with Crippen molar-refractivity contribution in [2.45, 2.75) is 29.6 Å². The normalized spacial score (nSPS) is 15.1. The van der Waals surface area contributed by atoms with Gasteiger partial charge in [-0.3, -0.25) is 9.78 Å². The van der Waals surface area contributed by atoms with Gasteiger partial charge in [-0.1, -0.05) is 29.5 Å². The fourth-order valence-electron chi connectivity index (χ4n) is 4.21.